The molecular formula is C24H23N3O6. The summed E-state index contributed by atoms with van der Waals surface area (Å²) < 4.78 is 17.2. The maximum absolute atomic E-state index is 12.5. The molecule has 0 saturated heterocycles. The first kappa shape index (κ1) is 22.1. The lowest BCUT2D eigenvalue weighted by Crippen LogP contribution is -2.42. The highest BCUT2D eigenvalue weighted by Crippen LogP contribution is 2.36. The molecule has 0 radical (unpaired) electrons. The van der Waals surface area contributed by atoms with Crippen LogP contribution in [-0.4, -0.2) is 29.8 Å². The third-order valence-electron chi connectivity index (χ3n) is 5.12. The Labute approximate surface area is 190 Å². The van der Waals surface area contributed by atoms with E-state index in [4.69, 9.17) is 13.9 Å². The van der Waals surface area contributed by atoms with Crippen LogP contribution in [-0.2, 0) is 10.2 Å². The van der Waals surface area contributed by atoms with Gasteiger partial charge in [0.1, 0.15) is 18.1 Å². The molecule has 2 aromatic carbocycles. The van der Waals surface area contributed by atoms with Gasteiger partial charge in [0, 0.05) is 17.7 Å². The first-order valence-electron chi connectivity index (χ1n) is 10.3. The van der Waals surface area contributed by atoms with Crippen molar-refractivity contribution < 1.29 is 23.6 Å². The fourth-order valence-corrected chi connectivity index (χ4v) is 3.22. The van der Waals surface area contributed by atoms with E-state index in [9.17, 15) is 14.9 Å². The number of nitrogens with zero attached hydrogens (tertiary/aromatic N) is 2. The number of nitro groups is 1. The van der Waals surface area contributed by atoms with Crippen LogP contribution < -0.4 is 14.9 Å². The number of benzene rings is 2. The molecule has 1 N–H and O–H groups in total. The van der Waals surface area contributed by atoms with Crippen molar-refractivity contribution in [1.82, 2.24) is 5.43 Å². The number of fused-ring (bicyclic) bond motifs is 1. The Hall–Kier alpha value is -4.14. The highest BCUT2D eigenvalue weighted by Gasteiger charge is 2.28. The van der Waals surface area contributed by atoms with Crippen LogP contribution in [0.5, 0.6) is 11.5 Å². The molecule has 9 nitrogen and oxygen atoms in total. The van der Waals surface area contributed by atoms with Crippen LogP contribution in [0.1, 0.15) is 32.1 Å². The molecule has 1 aliphatic heterocycles. The second-order valence-electron chi connectivity index (χ2n) is 8.57. The van der Waals surface area contributed by atoms with Crippen molar-refractivity contribution in [2.75, 3.05) is 6.61 Å². The summed E-state index contributed by atoms with van der Waals surface area (Å²) in [6.07, 6.45) is 0.527. The largest absolute Gasteiger partial charge is 0.485 e. The lowest BCUT2D eigenvalue weighted by atomic mass is 9.87. The second-order valence-corrected chi connectivity index (χ2v) is 8.57. The van der Waals surface area contributed by atoms with Crippen LogP contribution in [0, 0.1) is 10.1 Å². The van der Waals surface area contributed by atoms with Crippen molar-refractivity contribution >= 4 is 17.8 Å². The highest BCUT2D eigenvalue weighted by atomic mass is 16.6. The fourth-order valence-electron chi connectivity index (χ4n) is 3.22. The summed E-state index contributed by atoms with van der Waals surface area (Å²) in [6, 6.07) is 15.1. The van der Waals surface area contributed by atoms with Gasteiger partial charge in [-0.1, -0.05) is 26.8 Å². The highest BCUT2D eigenvalue weighted by molar-refractivity contribution is 5.84. The third kappa shape index (κ3) is 5.03. The first-order valence-corrected chi connectivity index (χ1v) is 10.3. The Morgan fingerprint density at radius 3 is 2.58 bits per heavy atom. The molecule has 1 amide bonds. The number of rotatable bonds is 5. The predicted molar refractivity (Wildman–Crippen MR) is 122 cm³/mol. The van der Waals surface area contributed by atoms with E-state index in [1.54, 1.807) is 24.3 Å². The van der Waals surface area contributed by atoms with Gasteiger partial charge in [0.05, 0.1) is 11.1 Å². The van der Waals surface area contributed by atoms with Crippen LogP contribution >= 0.6 is 0 Å². The average molecular weight is 449 g/mol. The van der Waals surface area contributed by atoms with Gasteiger partial charge in [0.25, 0.3) is 11.6 Å². The zero-order valence-corrected chi connectivity index (χ0v) is 18.4. The zero-order chi connectivity index (χ0) is 23.6. The van der Waals surface area contributed by atoms with E-state index >= 15 is 0 Å². The van der Waals surface area contributed by atoms with Crippen molar-refractivity contribution in [2.24, 2.45) is 5.10 Å². The van der Waals surface area contributed by atoms with E-state index in [0.29, 0.717) is 28.6 Å². The molecule has 0 fully saturated rings. The maximum Gasteiger partial charge on any atom is 0.284 e. The van der Waals surface area contributed by atoms with Gasteiger partial charge in [0.15, 0.2) is 11.5 Å². The van der Waals surface area contributed by atoms with Gasteiger partial charge >= 0.3 is 0 Å². The minimum absolute atomic E-state index is 0.000897. The van der Waals surface area contributed by atoms with Gasteiger partial charge in [-0.2, -0.15) is 5.10 Å². The smallest absolute Gasteiger partial charge is 0.284 e. The Balaban J connectivity index is 1.37. The first-order chi connectivity index (χ1) is 15.7. The molecule has 0 spiro atoms. The molecule has 0 bridgehead atoms. The molecule has 1 unspecified atom stereocenters. The normalized spacial score (nSPS) is 15.4. The van der Waals surface area contributed by atoms with Crippen molar-refractivity contribution in [3.63, 3.8) is 0 Å². The molecule has 9 heteroatoms. The minimum atomic E-state index is -0.836. The molecule has 0 saturated carbocycles. The number of carbonyl (C=O) groups is 1. The van der Waals surface area contributed by atoms with Crippen LogP contribution in [0.25, 0.3) is 11.3 Å². The van der Waals surface area contributed by atoms with Crippen LogP contribution in [0.3, 0.4) is 0 Å². The fraction of sp³-hybridized carbons (Fsp3) is 0.250. The summed E-state index contributed by atoms with van der Waals surface area (Å²) in [4.78, 5) is 22.8. The number of hydrogen-bond donors (Lipinski definition) is 1. The Morgan fingerprint density at radius 2 is 1.88 bits per heavy atom. The van der Waals surface area contributed by atoms with Gasteiger partial charge in [-0.3, -0.25) is 14.9 Å². The Bertz CT molecular complexity index is 1210. The summed E-state index contributed by atoms with van der Waals surface area (Å²) in [5.74, 6) is 1.61. The lowest BCUT2D eigenvalue weighted by molar-refractivity contribution is -0.384. The number of hydrazone groups is 1. The molecule has 3 aromatic rings. The van der Waals surface area contributed by atoms with E-state index in [-0.39, 0.29) is 17.7 Å². The van der Waals surface area contributed by atoms with E-state index in [1.165, 1.54) is 18.3 Å². The van der Waals surface area contributed by atoms with E-state index in [1.807, 2.05) is 18.2 Å². The molecule has 1 aromatic heterocycles. The van der Waals surface area contributed by atoms with Crippen molar-refractivity contribution in [3.8, 4) is 22.8 Å². The maximum atomic E-state index is 12.5. The molecule has 2 heterocycles. The summed E-state index contributed by atoms with van der Waals surface area (Å²) in [7, 11) is 0. The summed E-state index contributed by atoms with van der Waals surface area (Å²) >= 11 is 0. The quantitative estimate of drug-likeness (QED) is 0.350. The summed E-state index contributed by atoms with van der Waals surface area (Å²) in [6.45, 7) is 6.37. The molecule has 4 rings (SSSR count). The molecule has 1 aliphatic rings. The SMILES string of the molecule is CC(C)(C)c1ccc2c(c1)OC(C(=O)NN=Cc1ccc(-c3ccc([N+](=O)[O-])cc3)o1)CO2. The van der Waals surface area contributed by atoms with Crippen LogP contribution in [0.2, 0.25) is 0 Å². The number of amides is 1. The average Bonchev–Trinajstić information content (AvgIpc) is 3.26. The van der Waals surface area contributed by atoms with Crippen LogP contribution in [0.15, 0.2) is 64.1 Å². The molecule has 0 aliphatic carbocycles. The van der Waals surface area contributed by atoms with E-state index < -0.39 is 16.9 Å². The van der Waals surface area contributed by atoms with Crippen LogP contribution in [0.4, 0.5) is 5.69 Å². The van der Waals surface area contributed by atoms with Crippen molar-refractivity contribution in [1.29, 1.82) is 0 Å². The van der Waals surface area contributed by atoms with Gasteiger partial charge in [-0.05, 0) is 47.4 Å². The van der Waals surface area contributed by atoms with Crippen molar-refractivity contribution in [2.45, 2.75) is 32.3 Å². The van der Waals surface area contributed by atoms with E-state index in [2.05, 4.69) is 31.3 Å². The Morgan fingerprint density at radius 1 is 1.12 bits per heavy atom. The molecule has 1 atom stereocenters. The Kier molecular flexibility index (Phi) is 5.87. The molecule has 33 heavy (non-hydrogen) atoms. The number of carbonyl (C=O) groups excluding carboxylic acids is 1. The van der Waals surface area contributed by atoms with Gasteiger partial charge in [-0.25, -0.2) is 5.43 Å². The third-order valence-corrected chi connectivity index (χ3v) is 5.12. The summed E-state index contributed by atoms with van der Waals surface area (Å²) in [5.41, 5.74) is 4.14. The topological polar surface area (TPSA) is 116 Å². The van der Waals surface area contributed by atoms with Gasteiger partial charge < -0.3 is 13.9 Å². The standard InChI is InChI=1S/C24H23N3O6/c1-24(2,3)16-6-10-20-21(12-16)33-22(14-31-20)23(28)26-25-13-18-9-11-19(32-18)15-4-7-17(8-5-15)27(29)30/h4-13,22H,14H2,1-3H3,(H,26,28). The number of non-ortho nitro benzene ring substituents is 1. The van der Waals surface area contributed by atoms with Gasteiger partial charge in [0.2, 0.25) is 6.10 Å². The van der Waals surface area contributed by atoms with Crippen molar-refractivity contribution in [3.05, 3.63) is 76.0 Å². The number of nitrogens with one attached hydrogen (secondary N) is 1. The predicted octanol–water partition coefficient (Wildman–Crippen LogP) is 4.44. The second kappa shape index (κ2) is 8.78. The molecule has 170 valence electrons. The number of nitro benzene ring substituents is 1. The number of ether oxygens (including phenoxy) is 2. The molecular weight excluding hydrogens is 426 g/mol. The minimum Gasteiger partial charge on any atom is -0.485 e. The number of furan rings is 1. The monoisotopic (exact) mass is 449 g/mol. The summed E-state index contributed by atoms with van der Waals surface area (Å²) in [5, 5.41) is 14.7. The lowest BCUT2D eigenvalue weighted by Gasteiger charge is -2.27. The number of hydrogen-bond acceptors (Lipinski definition) is 7. The van der Waals surface area contributed by atoms with Gasteiger partial charge in [-0.15, -0.1) is 0 Å². The van der Waals surface area contributed by atoms with E-state index in [0.717, 1.165) is 5.56 Å². The zero-order valence-electron chi connectivity index (χ0n) is 18.4.